The number of carbonyl (C=O) groups excluding carboxylic acids is 2. The Kier molecular flexibility index (Phi) is 5.11. The van der Waals surface area contributed by atoms with Gasteiger partial charge in [-0.2, -0.15) is 0 Å². The number of benzene rings is 2. The smallest absolute Gasteiger partial charge is 0.268 e. The molecule has 0 saturated carbocycles. The molecule has 2 aliphatic rings. The van der Waals surface area contributed by atoms with E-state index in [9.17, 15) is 14.7 Å². The SMILES string of the molecule is Cc1ccc(C2=C(SCCO)C(=O)N(Cc3ccc4c(c3)OCO4)C2=O)cc1. The first-order valence-corrected chi connectivity index (χ1v) is 9.86. The van der Waals surface area contributed by atoms with Crippen molar-refractivity contribution >= 4 is 29.1 Å². The monoisotopic (exact) mass is 397 g/mol. The van der Waals surface area contributed by atoms with Crippen LogP contribution in [0.1, 0.15) is 16.7 Å². The van der Waals surface area contributed by atoms with Crippen LogP contribution in [-0.2, 0) is 16.1 Å². The molecule has 0 spiro atoms. The fourth-order valence-corrected chi connectivity index (χ4v) is 4.05. The number of fused-ring (bicyclic) bond motifs is 1. The van der Waals surface area contributed by atoms with Gasteiger partial charge in [0.2, 0.25) is 6.79 Å². The number of amides is 2. The van der Waals surface area contributed by atoms with Gasteiger partial charge in [0.15, 0.2) is 11.5 Å². The number of thioether (sulfide) groups is 1. The summed E-state index contributed by atoms with van der Waals surface area (Å²) >= 11 is 1.21. The summed E-state index contributed by atoms with van der Waals surface area (Å²) in [6.07, 6.45) is 0. The largest absolute Gasteiger partial charge is 0.454 e. The molecule has 0 unspecified atom stereocenters. The number of rotatable bonds is 6. The zero-order valence-corrected chi connectivity index (χ0v) is 16.1. The number of aliphatic hydroxyl groups is 1. The first kappa shape index (κ1) is 18.6. The van der Waals surface area contributed by atoms with E-state index < -0.39 is 0 Å². The predicted octanol–water partition coefficient (Wildman–Crippen LogP) is 2.73. The quantitative estimate of drug-likeness (QED) is 0.756. The zero-order valence-electron chi connectivity index (χ0n) is 15.3. The maximum Gasteiger partial charge on any atom is 0.268 e. The molecule has 0 saturated heterocycles. The minimum absolute atomic E-state index is 0.0705. The van der Waals surface area contributed by atoms with Crippen LogP contribution in [0.2, 0.25) is 0 Å². The summed E-state index contributed by atoms with van der Waals surface area (Å²) in [4.78, 5) is 27.7. The lowest BCUT2D eigenvalue weighted by Gasteiger charge is -2.15. The van der Waals surface area contributed by atoms with Crippen molar-refractivity contribution in [3.8, 4) is 11.5 Å². The van der Waals surface area contributed by atoms with E-state index in [0.29, 0.717) is 33.3 Å². The Labute approximate surface area is 166 Å². The molecule has 2 aliphatic heterocycles. The molecular weight excluding hydrogens is 378 g/mol. The van der Waals surface area contributed by atoms with Gasteiger partial charge in [-0.25, -0.2) is 0 Å². The molecule has 2 aromatic carbocycles. The third kappa shape index (κ3) is 3.39. The van der Waals surface area contributed by atoms with Crippen molar-refractivity contribution in [2.75, 3.05) is 19.2 Å². The molecule has 2 amide bonds. The van der Waals surface area contributed by atoms with E-state index >= 15 is 0 Å². The molecule has 0 aromatic heterocycles. The van der Waals surface area contributed by atoms with Gasteiger partial charge < -0.3 is 14.6 Å². The van der Waals surface area contributed by atoms with E-state index in [-0.39, 0.29) is 31.8 Å². The molecule has 2 aromatic rings. The highest BCUT2D eigenvalue weighted by Gasteiger charge is 2.39. The van der Waals surface area contributed by atoms with Crippen LogP contribution in [0, 0.1) is 6.92 Å². The van der Waals surface area contributed by atoms with Crippen LogP contribution in [0.25, 0.3) is 5.57 Å². The molecule has 6 nitrogen and oxygen atoms in total. The first-order chi connectivity index (χ1) is 13.6. The molecule has 0 fully saturated rings. The minimum atomic E-state index is -0.336. The van der Waals surface area contributed by atoms with Crippen LogP contribution >= 0.6 is 11.8 Å². The van der Waals surface area contributed by atoms with Crippen LogP contribution in [0.5, 0.6) is 11.5 Å². The van der Waals surface area contributed by atoms with Crippen LogP contribution < -0.4 is 9.47 Å². The van der Waals surface area contributed by atoms with Crippen molar-refractivity contribution < 1.29 is 24.2 Å². The van der Waals surface area contributed by atoms with E-state index in [1.54, 1.807) is 12.1 Å². The average Bonchev–Trinajstić information content (AvgIpc) is 3.25. The second-order valence-corrected chi connectivity index (χ2v) is 7.63. The Morgan fingerprint density at radius 2 is 1.79 bits per heavy atom. The maximum atomic E-state index is 13.1. The predicted molar refractivity (Wildman–Crippen MR) is 106 cm³/mol. The lowest BCUT2D eigenvalue weighted by Crippen LogP contribution is -2.31. The number of hydrogen-bond donors (Lipinski definition) is 1. The molecular formula is C21H19NO5S. The maximum absolute atomic E-state index is 13.1. The van der Waals surface area contributed by atoms with Gasteiger partial charge in [-0.1, -0.05) is 35.9 Å². The zero-order chi connectivity index (χ0) is 19.7. The topological polar surface area (TPSA) is 76.1 Å². The van der Waals surface area contributed by atoms with Crippen molar-refractivity contribution in [1.82, 2.24) is 4.90 Å². The van der Waals surface area contributed by atoms with Crippen molar-refractivity contribution in [2.45, 2.75) is 13.5 Å². The van der Waals surface area contributed by atoms with Gasteiger partial charge in [0.05, 0.1) is 23.6 Å². The van der Waals surface area contributed by atoms with Crippen molar-refractivity contribution in [1.29, 1.82) is 0 Å². The van der Waals surface area contributed by atoms with E-state index in [1.165, 1.54) is 16.7 Å². The van der Waals surface area contributed by atoms with E-state index in [0.717, 1.165) is 11.1 Å². The summed E-state index contributed by atoms with van der Waals surface area (Å²) < 4.78 is 10.7. The third-order valence-corrected chi connectivity index (χ3v) is 5.64. The second kappa shape index (κ2) is 7.69. The number of hydrogen-bond acceptors (Lipinski definition) is 6. The molecule has 0 atom stereocenters. The van der Waals surface area contributed by atoms with Crippen LogP contribution in [0.15, 0.2) is 47.4 Å². The first-order valence-electron chi connectivity index (χ1n) is 8.88. The van der Waals surface area contributed by atoms with Gasteiger partial charge in [0.25, 0.3) is 11.8 Å². The van der Waals surface area contributed by atoms with Gasteiger partial charge in [-0.05, 0) is 30.2 Å². The van der Waals surface area contributed by atoms with Gasteiger partial charge in [-0.3, -0.25) is 14.5 Å². The summed E-state index contributed by atoms with van der Waals surface area (Å²) in [6.45, 7) is 2.21. The highest BCUT2D eigenvalue weighted by molar-refractivity contribution is 8.04. The normalized spacial score (nSPS) is 15.7. The Hall–Kier alpha value is -2.77. The third-order valence-electron chi connectivity index (χ3n) is 4.58. The van der Waals surface area contributed by atoms with Gasteiger partial charge >= 0.3 is 0 Å². The van der Waals surface area contributed by atoms with Gasteiger partial charge in [0, 0.05) is 5.75 Å². The molecule has 0 radical (unpaired) electrons. The fourth-order valence-electron chi connectivity index (χ4n) is 3.18. The summed E-state index contributed by atoms with van der Waals surface area (Å²) in [7, 11) is 0. The molecule has 2 heterocycles. The van der Waals surface area contributed by atoms with Gasteiger partial charge in [-0.15, -0.1) is 11.8 Å². The van der Waals surface area contributed by atoms with Crippen molar-refractivity contribution in [3.05, 3.63) is 64.1 Å². The van der Waals surface area contributed by atoms with Crippen molar-refractivity contribution in [3.63, 3.8) is 0 Å². The number of imide groups is 1. The molecule has 28 heavy (non-hydrogen) atoms. The van der Waals surface area contributed by atoms with Crippen LogP contribution in [0.3, 0.4) is 0 Å². The summed E-state index contributed by atoms with van der Waals surface area (Å²) in [5, 5.41) is 9.18. The standard InChI is InChI=1S/C21H19NO5S/c1-13-2-5-15(6-3-13)18-19(28-9-8-23)21(25)22(20(18)24)11-14-4-7-16-17(10-14)27-12-26-16/h2-7,10,23H,8-9,11-12H2,1H3. The second-order valence-electron chi connectivity index (χ2n) is 6.53. The highest BCUT2D eigenvalue weighted by Crippen LogP contribution is 2.38. The summed E-state index contributed by atoms with van der Waals surface area (Å²) in [6, 6.07) is 12.9. The van der Waals surface area contributed by atoms with Gasteiger partial charge in [0.1, 0.15) is 0 Å². The number of carbonyl (C=O) groups is 2. The number of nitrogens with zero attached hydrogens (tertiary/aromatic N) is 1. The molecule has 0 bridgehead atoms. The van der Waals surface area contributed by atoms with Crippen LogP contribution in [0.4, 0.5) is 0 Å². The Morgan fingerprint density at radius 3 is 2.54 bits per heavy atom. The lowest BCUT2D eigenvalue weighted by molar-refractivity contribution is -0.137. The number of aryl methyl sites for hydroxylation is 1. The minimum Gasteiger partial charge on any atom is -0.454 e. The Morgan fingerprint density at radius 1 is 1.04 bits per heavy atom. The van der Waals surface area contributed by atoms with Crippen LogP contribution in [-0.4, -0.2) is 41.0 Å². The summed E-state index contributed by atoms with van der Waals surface area (Å²) in [5.74, 6) is 0.948. The fraction of sp³-hybridized carbons (Fsp3) is 0.238. The Balaban J connectivity index is 1.64. The molecule has 4 rings (SSSR count). The highest BCUT2D eigenvalue weighted by atomic mass is 32.2. The van der Waals surface area contributed by atoms with E-state index in [4.69, 9.17) is 9.47 Å². The number of aliphatic hydroxyl groups excluding tert-OH is 1. The molecule has 1 N–H and O–H groups in total. The summed E-state index contributed by atoms with van der Waals surface area (Å²) in [5.41, 5.74) is 2.95. The Bertz CT molecular complexity index is 967. The lowest BCUT2D eigenvalue weighted by atomic mass is 10.0. The average molecular weight is 397 g/mol. The number of ether oxygens (including phenoxy) is 2. The molecule has 0 aliphatic carbocycles. The molecule has 7 heteroatoms. The molecule has 144 valence electrons. The van der Waals surface area contributed by atoms with Crippen molar-refractivity contribution in [2.24, 2.45) is 0 Å². The van der Waals surface area contributed by atoms with E-state index in [2.05, 4.69) is 0 Å². The van der Waals surface area contributed by atoms with E-state index in [1.807, 2.05) is 37.3 Å².